The highest BCUT2D eigenvalue weighted by atomic mass is 19.4. The van der Waals surface area contributed by atoms with Crippen molar-refractivity contribution >= 4 is 17.6 Å². The molecule has 1 N–H and O–H groups in total. The summed E-state index contributed by atoms with van der Waals surface area (Å²) in [6.45, 7) is -1.82. The highest BCUT2D eigenvalue weighted by Gasteiger charge is 2.43. The van der Waals surface area contributed by atoms with Gasteiger partial charge in [-0.3, -0.25) is 4.79 Å². The quantitative estimate of drug-likeness (QED) is 0.860. The van der Waals surface area contributed by atoms with E-state index in [-0.39, 0.29) is 9.58 Å². The molecular weight excluding hydrogens is 312 g/mol. The van der Waals surface area contributed by atoms with Gasteiger partial charge in [0, 0.05) is 7.05 Å². The maximum Gasteiger partial charge on any atom is 0.471 e. The first-order chi connectivity index (χ1) is 9.34. The molecule has 0 saturated heterocycles. The van der Waals surface area contributed by atoms with E-state index in [4.69, 9.17) is 5.11 Å². The van der Waals surface area contributed by atoms with E-state index in [2.05, 4.69) is 5.10 Å². The number of anilines is 1. The van der Waals surface area contributed by atoms with E-state index in [0.29, 0.717) is 13.2 Å². The molecule has 1 aromatic rings. The third-order valence-electron chi connectivity index (χ3n) is 2.26. The Bertz CT molecular complexity index is 562. The van der Waals surface area contributed by atoms with Crippen LogP contribution in [-0.2, 0) is 11.3 Å². The summed E-state index contributed by atoms with van der Waals surface area (Å²) in [7, 11) is 0.581. The van der Waals surface area contributed by atoms with Crippen molar-refractivity contribution in [3.05, 3.63) is 11.9 Å². The van der Waals surface area contributed by atoms with Gasteiger partial charge < -0.3 is 10.0 Å². The molecular formula is C9H7F6N3O3. The largest absolute Gasteiger partial charge is 0.476 e. The molecule has 6 nitrogen and oxygen atoms in total. The predicted octanol–water partition coefficient (Wildman–Crippen LogP) is 1.67. The number of aromatic carboxylic acids is 1. The van der Waals surface area contributed by atoms with Gasteiger partial charge in [-0.1, -0.05) is 0 Å². The number of carboxylic acids is 1. The van der Waals surface area contributed by atoms with Gasteiger partial charge in [-0.2, -0.15) is 31.4 Å². The average Bonchev–Trinajstić information content (AvgIpc) is 2.66. The Morgan fingerprint density at radius 2 is 1.81 bits per heavy atom. The Hall–Kier alpha value is -2.27. The molecule has 12 heteroatoms. The first kappa shape index (κ1) is 16.8. The molecule has 0 aliphatic rings. The Balaban J connectivity index is 3.26. The Morgan fingerprint density at radius 3 is 2.19 bits per heavy atom. The van der Waals surface area contributed by atoms with Crippen molar-refractivity contribution in [3.8, 4) is 0 Å². The van der Waals surface area contributed by atoms with Crippen LogP contribution in [0.3, 0.4) is 0 Å². The minimum atomic E-state index is -5.31. The third kappa shape index (κ3) is 3.86. The van der Waals surface area contributed by atoms with Crippen LogP contribution in [0, 0.1) is 0 Å². The Labute approximate surface area is 112 Å². The van der Waals surface area contributed by atoms with Gasteiger partial charge in [0.05, 0.1) is 11.9 Å². The maximum absolute atomic E-state index is 12.3. The molecule has 1 rings (SSSR count). The van der Waals surface area contributed by atoms with Gasteiger partial charge in [0.1, 0.15) is 6.54 Å². The van der Waals surface area contributed by atoms with Crippen LogP contribution in [0.4, 0.5) is 32.0 Å². The van der Waals surface area contributed by atoms with Crippen molar-refractivity contribution in [2.24, 2.45) is 0 Å². The van der Waals surface area contributed by atoms with Crippen LogP contribution < -0.4 is 4.90 Å². The minimum absolute atomic E-state index is 0.0438. The van der Waals surface area contributed by atoms with E-state index in [0.717, 1.165) is 0 Å². The van der Waals surface area contributed by atoms with Gasteiger partial charge in [0.15, 0.2) is 5.69 Å². The lowest BCUT2D eigenvalue weighted by Crippen LogP contribution is -2.39. The highest BCUT2D eigenvalue weighted by Crippen LogP contribution is 2.27. The number of carbonyl (C=O) groups excluding carboxylic acids is 1. The van der Waals surface area contributed by atoms with Gasteiger partial charge in [0.25, 0.3) is 0 Å². The molecule has 118 valence electrons. The second-order valence-electron chi connectivity index (χ2n) is 3.82. The van der Waals surface area contributed by atoms with E-state index < -0.39 is 42.2 Å². The van der Waals surface area contributed by atoms with Crippen molar-refractivity contribution < 1.29 is 41.0 Å². The van der Waals surface area contributed by atoms with Crippen LogP contribution in [0.5, 0.6) is 0 Å². The van der Waals surface area contributed by atoms with Crippen LogP contribution in [-0.4, -0.2) is 46.2 Å². The molecule has 0 atom stereocenters. The molecule has 0 radical (unpaired) electrons. The lowest BCUT2D eigenvalue weighted by molar-refractivity contribution is -0.170. The van der Waals surface area contributed by atoms with Gasteiger partial charge in [-0.15, -0.1) is 0 Å². The van der Waals surface area contributed by atoms with Gasteiger partial charge in [0.2, 0.25) is 0 Å². The number of rotatable bonds is 3. The lowest BCUT2D eigenvalue weighted by atomic mass is 10.3. The van der Waals surface area contributed by atoms with Crippen LogP contribution in [0.1, 0.15) is 10.5 Å². The van der Waals surface area contributed by atoms with E-state index in [1.165, 1.54) is 0 Å². The number of amides is 1. The van der Waals surface area contributed by atoms with Crippen molar-refractivity contribution in [2.75, 3.05) is 11.9 Å². The number of nitrogens with zero attached hydrogens (tertiary/aromatic N) is 3. The van der Waals surface area contributed by atoms with E-state index in [9.17, 15) is 35.9 Å². The summed E-state index contributed by atoms with van der Waals surface area (Å²) in [6, 6.07) is 0. The molecule has 21 heavy (non-hydrogen) atoms. The summed E-state index contributed by atoms with van der Waals surface area (Å²) in [4.78, 5) is 21.8. The monoisotopic (exact) mass is 319 g/mol. The minimum Gasteiger partial charge on any atom is -0.476 e. The smallest absolute Gasteiger partial charge is 0.471 e. The molecule has 0 aliphatic heterocycles. The molecule has 0 spiro atoms. The molecule has 0 saturated carbocycles. The van der Waals surface area contributed by atoms with Gasteiger partial charge in [-0.05, 0) is 0 Å². The summed E-state index contributed by atoms with van der Waals surface area (Å²) in [5.74, 6) is -4.38. The molecule has 0 unspecified atom stereocenters. The number of aromatic nitrogens is 2. The zero-order chi connectivity index (χ0) is 16.6. The summed E-state index contributed by atoms with van der Waals surface area (Å²) in [6.07, 6.45) is -9.70. The molecule has 0 bridgehead atoms. The SMILES string of the molecule is CN(C(=O)C(F)(F)F)c1cnn(CC(F)(F)F)c1C(=O)O. The Morgan fingerprint density at radius 1 is 1.29 bits per heavy atom. The number of carbonyl (C=O) groups is 2. The van der Waals surface area contributed by atoms with E-state index >= 15 is 0 Å². The number of hydrogen-bond acceptors (Lipinski definition) is 3. The second-order valence-corrected chi connectivity index (χ2v) is 3.82. The second kappa shape index (κ2) is 5.26. The first-order valence-corrected chi connectivity index (χ1v) is 5.05. The standard InChI is InChI=1S/C9H7F6N3O3/c1-17(7(21)9(13,14)15)4-2-16-18(3-8(10,11)12)5(4)6(19)20/h2H,3H2,1H3,(H,19,20). The van der Waals surface area contributed by atoms with Crippen LogP contribution in [0.15, 0.2) is 6.20 Å². The van der Waals surface area contributed by atoms with Crippen molar-refractivity contribution in [3.63, 3.8) is 0 Å². The molecule has 1 aromatic heterocycles. The van der Waals surface area contributed by atoms with Crippen molar-refractivity contribution in [2.45, 2.75) is 18.9 Å². The number of halogens is 6. The first-order valence-electron chi connectivity index (χ1n) is 5.05. The van der Waals surface area contributed by atoms with Gasteiger partial charge >= 0.3 is 24.2 Å². The van der Waals surface area contributed by atoms with Crippen LogP contribution in [0.2, 0.25) is 0 Å². The molecule has 1 amide bonds. The topological polar surface area (TPSA) is 75.4 Å². The predicted molar refractivity (Wildman–Crippen MR) is 54.7 cm³/mol. The fourth-order valence-corrected chi connectivity index (χ4v) is 1.43. The Kier molecular flexibility index (Phi) is 4.20. The fraction of sp³-hybridized carbons (Fsp3) is 0.444. The average molecular weight is 319 g/mol. The summed E-state index contributed by atoms with van der Waals surface area (Å²) in [5, 5.41) is 11.9. The molecule has 0 fully saturated rings. The van der Waals surface area contributed by atoms with Crippen molar-refractivity contribution in [1.82, 2.24) is 9.78 Å². The fourth-order valence-electron chi connectivity index (χ4n) is 1.43. The van der Waals surface area contributed by atoms with E-state index in [1.54, 1.807) is 0 Å². The molecule has 1 heterocycles. The molecule has 0 aromatic carbocycles. The highest BCUT2D eigenvalue weighted by molar-refractivity contribution is 6.02. The van der Waals surface area contributed by atoms with Crippen LogP contribution >= 0.6 is 0 Å². The third-order valence-corrected chi connectivity index (χ3v) is 2.26. The molecule has 0 aliphatic carbocycles. The van der Waals surface area contributed by atoms with Gasteiger partial charge in [-0.25, -0.2) is 9.48 Å². The maximum atomic E-state index is 12.3. The zero-order valence-electron chi connectivity index (χ0n) is 10.2. The lowest BCUT2D eigenvalue weighted by Gasteiger charge is -2.18. The van der Waals surface area contributed by atoms with Crippen LogP contribution in [0.25, 0.3) is 0 Å². The van der Waals surface area contributed by atoms with Crippen molar-refractivity contribution in [1.29, 1.82) is 0 Å². The summed E-state index contributed by atoms with van der Waals surface area (Å²) >= 11 is 0. The van der Waals surface area contributed by atoms with E-state index in [1.807, 2.05) is 0 Å². The summed E-state index contributed by atoms with van der Waals surface area (Å²) in [5.41, 5.74) is -2.07. The summed E-state index contributed by atoms with van der Waals surface area (Å²) < 4.78 is 73.4. The number of alkyl halides is 6. The number of carboxylic acid groups (broad SMARTS) is 1. The zero-order valence-corrected chi connectivity index (χ0v) is 10.2. The number of hydrogen-bond donors (Lipinski definition) is 1. The normalized spacial score (nSPS) is 12.3.